The summed E-state index contributed by atoms with van der Waals surface area (Å²) in [6.07, 6.45) is 3.96. The van der Waals surface area contributed by atoms with Gasteiger partial charge in [-0.2, -0.15) is 0 Å². The Morgan fingerprint density at radius 2 is 2.56 bits per heavy atom. The molecule has 0 radical (unpaired) electrons. The summed E-state index contributed by atoms with van der Waals surface area (Å²) in [6, 6.07) is 2.99. The summed E-state index contributed by atoms with van der Waals surface area (Å²) >= 11 is 0. The molecule has 9 heavy (non-hydrogen) atoms. The predicted molar refractivity (Wildman–Crippen MR) is 29.4 cm³/mol. The summed E-state index contributed by atoms with van der Waals surface area (Å²) in [5.74, 6) is -0.450. The summed E-state index contributed by atoms with van der Waals surface area (Å²) in [5.41, 5.74) is 5.36. The van der Waals surface area contributed by atoms with Crippen molar-refractivity contribution in [3.63, 3.8) is 0 Å². The largest absolute Gasteiger partial charge is 0.366 e. The van der Waals surface area contributed by atoms with Gasteiger partial charge in [0.1, 0.15) is 0 Å². The Hall–Kier alpha value is -1.56. The van der Waals surface area contributed by atoms with E-state index >= 15 is 0 Å². The van der Waals surface area contributed by atoms with Crippen molar-refractivity contribution in [2.24, 2.45) is 5.73 Å². The van der Waals surface area contributed by atoms with Gasteiger partial charge in [-0.3, -0.25) is 4.79 Å². The number of amides is 1. The first-order chi connectivity index (χ1) is 4.30. The highest BCUT2D eigenvalue weighted by atomic mass is 16.1. The van der Waals surface area contributed by atoms with Gasteiger partial charge < -0.3 is 5.73 Å². The minimum atomic E-state index is -0.450. The monoisotopic (exact) mass is 121 g/mol. The molecule has 0 aliphatic rings. The lowest BCUT2D eigenvalue weighted by molar-refractivity contribution is -0.294. The number of carbonyl (C=O) groups excluding carboxylic acids is 1. The first-order valence-electron chi connectivity index (χ1n) is 2.42. The molecule has 1 amide bonds. The summed E-state index contributed by atoms with van der Waals surface area (Å²) < 4.78 is 0. The maximum atomic E-state index is 10.4. The van der Waals surface area contributed by atoms with E-state index in [-0.39, 0.29) is 0 Å². The molecule has 44 valence electrons. The molecule has 3 heteroatoms. The van der Waals surface area contributed by atoms with Crippen LogP contribution < -0.4 is 10.7 Å². The van der Waals surface area contributed by atoms with Crippen molar-refractivity contribution in [2.75, 3.05) is 0 Å². The Bertz CT molecular complexity index is 208. The number of hydrogen-bond acceptors (Lipinski definition) is 1. The molecule has 0 bridgehead atoms. The number of rotatable bonds is 1. The molecule has 0 fully saturated rings. The highest BCUT2D eigenvalue weighted by molar-refractivity contribution is 5.92. The van der Waals surface area contributed by atoms with E-state index in [4.69, 9.17) is 5.73 Å². The van der Waals surface area contributed by atoms with Gasteiger partial charge in [-0.15, -0.1) is 0 Å². The highest BCUT2D eigenvalue weighted by Crippen LogP contribution is 1.87. The zero-order valence-electron chi connectivity index (χ0n) is 4.66. The number of nitrogens with two attached hydrogens (primary N) is 1. The van der Waals surface area contributed by atoms with E-state index in [9.17, 15) is 4.79 Å². The molecular weight excluding hydrogens is 116 g/mol. The van der Waals surface area contributed by atoms with Crippen molar-refractivity contribution >= 4 is 5.91 Å². The third-order valence-electron chi connectivity index (χ3n) is 0.908. The topological polar surface area (TPSA) is 57.2 Å². The SMILES string of the molecule is NC(=O)c1cc#[n+]cc1. The van der Waals surface area contributed by atoms with Crippen LogP contribution in [-0.4, -0.2) is 5.91 Å². The van der Waals surface area contributed by atoms with E-state index < -0.39 is 5.91 Å². The average molecular weight is 121 g/mol. The minimum Gasteiger partial charge on any atom is -0.366 e. The summed E-state index contributed by atoms with van der Waals surface area (Å²) in [6.45, 7) is 0. The van der Waals surface area contributed by atoms with Crippen LogP contribution in [0.3, 0.4) is 0 Å². The lowest BCUT2D eigenvalue weighted by Crippen LogP contribution is -2.10. The molecule has 1 aromatic heterocycles. The third-order valence-corrected chi connectivity index (χ3v) is 0.908. The van der Waals surface area contributed by atoms with Crippen molar-refractivity contribution in [1.29, 1.82) is 0 Å². The van der Waals surface area contributed by atoms with Crippen LogP contribution in [0.5, 0.6) is 0 Å². The fourth-order valence-electron chi connectivity index (χ4n) is 0.469. The smallest absolute Gasteiger partial charge is 0.312 e. The quantitative estimate of drug-likeness (QED) is 0.528. The third kappa shape index (κ3) is 1.16. The maximum Gasteiger partial charge on any atom is 0.312 e. The molecule has 0 saturated carbocycles. The lowest BCUT2D eigenvalue weighted by atomic mass is 10.3. The first-order valence-corrected chi connectivity index (χ1v) is 2.42. The minimum absolute atomic E-state index is 0.435. The molecule has 1 rings (SSSR count). The van der Waals surface area contributed by atoms with Crippen LogP contribution in [0, 0.1) is 6.20 Å². The number of aromatic nitrogens is 1. The van der Waals surface area contributed by atoms with E-state index in [1.165, 1.54) is 12.3 Å². The van der Waals surface area contributed by atoms with Gasteiger partial charge in [0.15, 0.2) is 0 Å². The second-order valence-electron chi connectivity index (χ2n) is 1.54. The van der Waals surface area contributed by atoms with Gasteiger partial charge in [-0.05, 0) is 4.98 Å². The van der Waals surface area contributed by atoms with Crippen LogP contribution in [0.2, 0.25) is 0 Å². The molecule has 0 aromatic carbocycles. The molecule has 0 aliphatic heterocycles. The Morgan fingerprint density at radius 1 is 1.78 bits per heavy atom. The van der Waals surface area contributed by atoms with E-state index in [0.717, 1.165) is 0 Å². The zero-order chi connectivity index (χ0) is 6.69. The van der Waals surface area contributed by atoms with Crippen molar-refractivity contribution in [3.8, 4) is 0 Å². The Morgan fingerprint density at radius 3 is 2.89 bits per heavy atom. The maximum absolute atomic E-state index is 10.4. The molecule has 0 aliphatic carbocycles. The number of nitrogens with zero attached hydrogens (tertiary/aromatic N) is 1. The molecule has 0 unspecified atom stereocenters. The van der Waals surface area contributed by atoms with E-state index in [1.54, 1.807) is 6.07 Å². The van der Waals surface area contributed by atoms with Gasteiger partial charge in [-0.25, -0.2) is 0 Å². The van der Waals surface area contributed by atoms with Crippen LogP contribution in [0.1, 0.15) is 10.4 Å². The van der Waals surface area contributed by atoms with E-state index in [1.807, 2.05) is 0 Å². The lowest BCUT2D eigenvalue weighted by Gasteiger charge is -1.81. The van der Waals surface area contributed by atoms with E-state index in [2.05, 4.69) is 11.2 Å². The molecule has 3 nitrogen and oxygen atoms in total. The number of primary amides is 1. The van der Waals surface area contributed by atoms with Crippen LogP contribution in [-0.2, 0) is 0 Å². The van der Waals surface area contributed by atoms with Crippen LogP contribution in [0.15, 0.2) is 18.3 Å². The van der Waals surface area contributed by atoms with Crippen molar-refractivity contribution in [2.45, 2.75) is 0 Å². The molecule has 0 spiro atoms. The molecular formula is C6H5N2O+. The van der Waals surface area contributed by atoms with Gasteiger partial charge in [-0.1, -0.05) is 0 Å². The normalized spacial score (nSPS) is 8.00. The summed E-state index contributed by atoms with van der Waals surface area (Å²) in [4.78, 5) is 14.0. The molecule has 2 N–H and O–H groups in total. The predicted octanol–water partition coefficient (Wildman–Crippen LogP) is -0.814. The van der Waals surface area contributed by atoms with Gasteiger partial charge >= 0.3 is 12.4 Å². The molecule has 0 saturated heterocycles. The van der Waals surface area contributed by atoms with Gasteiger partial charge in [0.05, 0.1) is 11.6 Å². The van der Waals surface area contributed by atoms with Crippen molar-refractivity contribution in [1.82, 2.24) is 0 Å². The summed E-state index contributed by atoms with van der Waals surface area (Å²) in [5, 5.41) is 0. The van der Waals surface area contributed by atoms with Gasteiger partial charge in [0.2, 0.25) is 5.91 Å². The first kappa shape index (κ1) is 5.57. The zero-order valence-corrected chi connectivity index (χ0v) is 4.66. The second-order valence-corrected chi connectivity index (χ2v) is 1.54. The Kier molecular flexibility index (Phi) is 1.32. The van der Waals surface area contributed by atoms with Gasteiger partial charge in [0.25, 0.3) is 0 Å². The van der Waals surface area contributed by atoms with Crippen LogP contribution in [0.25, 0.3) is 0 Å². The Labute approximate surface area is 52.5 Å². The van der Waals surface area contributed by atoms with E-state index in [0.29, 0.717) is 5.56 Å². The molecule has 0 atom stereocenters. The Balaban J connectivity index is 2.98. The standard InChI is InChI=1S/C6H4N2O/c7-6(9)5-1-3-8-4-2-5/h1-3H,(H-,7,9)/p+1. The fraction of sp³-hybridized carbons (Fsp3) is 0. The van der Waals surface area contributed by atoms with Gasteiger partial charge in [0, 0.05) is 6.07 Å². The second kappa shape index (κ2) is 2.14. The van der Waals surface area contributed by atoms with Crippen LogP contribution in [0.4, 0.5) is 0 Å². The average Bonchev–Trinajstić information content (AvgIpc) is 1.90. The van der Waals surface area contributed by atoms with Crippen LogP contribution >= 0.6 is 0 Å². The highest BCUT2D eigenvalue weighted by Gasteiger charge is 1.98. The molecule has 1 heterocycles. The number of hydrogen-bond donors (Lipinski definition) is 1. The number of carbonyl (C=O) groups is 1. The van der Waals surface area contributed by atoms with Crippen molar-refractivity contribution in [3.05, 3.63) is 30.1 Å². The van der Waals surface area contributed by atoms with Crippen molar-refractivity contribution < 1.29 is 9.78 Å². The summed E-state index contributed by atoms with van der Waals surface area (Å²) in [7, 11) is 0. The fourth-order valence-corrected chi connectivity index (χ4v) is 0.469. The molecule has 1 aromatic rings.